The van der Waals surface area contributed by atoms with Crippen molar-refractivity contribution in [1.29, 1.82) is 0 Å². The highest BCUT2D eigenvalue weighted by molar-refractivity contribution is 5.74. The average Bonchev–Trinajstić information content (AvgIpc) is 2.84. The van der Waals surface area contributed by atoms with Gasteiger partial charge < -0.3 is 20.6 Å². The Labute approximate surface area is 162 Å². The van der Waals surface area contributed by atoms with E-state index in [1.54, 1.807) is 11.9 Å². The molecule has 1 aliphatic carbocycles. The maximum absolute atomic E-state index is 12.4. The fraction of sp³-hybridized carbons (Fsp3) is 0.619. The van der Waals surface area contributed by atoms with E-state index in [1.165, 1.54) is 12.5 Å². The Hall–Kier alpha value is -2.08. The molecule has 0 heterocycles. The van der Waals surface area contributed by atoms with Crippen LogP contribution < -0.4 is 10.6 Å². The number of carbonyl (C=O) groups is 2. The van der Waals surface area contributed by atoms with E-state index in [0.29, 0.717) is 25.9 Å². The molecule has 1 fully saturated rings. The number of urea groups is 1. The van der Waals surface area contributed by atoms with Gasteiger partial charge in [-0.1, -0.05) is 37.3 Å². The smallest absolute Gasteiger partial charge is 0.317 e. The molecule has 0 saturated heterocycles. The van der Waals surface area contributed by atoms with Crippen LogP contribution in [-0.4, -0.2) is 54.2 Å². The molecule has 1 saturated carbocycles. The zero-order chi connectivity index (χ0) is 19.9. The van der Waals surface area contributed by atoms with Gasteiger partial charge in [0.1, 0.15) is 0 Å². The first-order chi connectivity index (χ1) is 12.9. The number of nitrogens with one attached hydrogen (secondary N) is 2. The van der Waals surface area contributed by atoms with Gasteiger partial charge in [-0.15, -0.1) is 0 Å². The molecule has 3 atom stereocenters. The fourth-order valence-corrected chi connectivity index (χ4v) is 3.97. The van der Waals surface area contributed by atoms with Crippen molar-refractivity contribution in [2.24, 2.45) is 0 Å². The lowest BCUT2D eigenvalue weighted by molar-refractivity contribution is -0.119. The van der Waals surface area contributed by atoms with Crippen LogP contribution in [-0.2, 0) is 10.2 Å². The Balaban J connectivity index is 2.20. The minimum absolute atomic E-state index is 0.0530. The summed E-state index contributed by atoms with van der Waals surface area (Å²) in [6, 6.07) is 9.80. The monoisotopic (exact) mass is 375 g/mol. The van der Waals surface area contributed by atoms with E-state index >= 15 is 0 Å². The SMILES string of the molecule is CCCNC(=O)N(C)[C@H]1CC[C@@](CNC(C)=O)(c2ccccc2)CC[C@@H]1O. The molecule has 3 N–H and O–H groups in total. The first-order valence-electron chi connectivity index (χ1n) is 9.88. The third-order valence-electron chi connectivity index (χ3n) is 5.69. The van der Waals surface area contributed by atoms with E-state index in [2.05, 4.69) is 22.8 Å². The molecule has 2 rings (SSSR count). The van der Waals surface area contributed by atoms with Gasteiger partial charge in [0.15, 0.2) is 0 Å². The van der Waals surface area contributed by atoms with Crippen molar-refractivity contribution in [2.75, 3.05) is 20.1 Å². The molecule has 6 heteroatoms. The lowest BCUT2D eigenvalue weighted by Gasteiger charge is -2.34. The summed E-state index contributed by atoms with van der Waals surface area (Å²) in [7, 11) is 1.75. The molecule has 150 valence electrons. The number of amides is 3. The number of rotatable bonds is 6. The van der Waals surface area contributed by atoms with Gasteiger partial charge >= 0.3 is 6.03 Å². The molecule has 0 aliphatic heterocycles. The third kappa shape index (κ3) is 5.45. The molecule has 1 aliphatic rings. The minimum atomic E-state index is -0.578. The largest absolute Gasteiger partial charge is 0.391 e. The molecular weight excluding hydrogens is 342 g/mol. The molecule has 0 aromatic heterocycles. The summed E-state index contributed by atoms with van der Waals surface area (Å²) < 4.78 is 0. The summed E-state index contributed by atoms with van der Waals surface area (Å²) in [5, 5.41) is 16.6. The molecule has 0 radical (unpaired) electrons. The van der Waals surface area contributed by atoms with E-state index in [1.807, 2.05) is 25.1 Å². The summed E-state index contributed by atoms with van der Waals surface area (Å²) in [5.41, 5.74) is 0.938. The van der Waals surface area contributed by atoms with Gasteiger partial charge in [-0.05, 0) is 37.7 Å². The number of likely N-dealkylation sites (N-methyl/N-ethyl adjacent to an activating group) is 1. The van der Waals surface area contributed by atoms with Crippen molar-refractivity contribution in [1.82, 2.24) is 15.5 Å². The van der Waals surface area contributed by atoms with Crippen LogP contribution in [0.15, 0.2) is 30.3 Å². The summed E-state index contributed by atoms with van der Waals surface area (Å²) in [4.78, 5) is 25.5. The van der Waals surface area contributed by atoms with E-state index in [4.69, 9.17) is 0 Å². The van der Waals surface area contributed by atoms with Gasteiger partial charge in [0.2, 0.25) is 5.91 Å². The standard InChI is InChI=1S/C21H33N3O3/c1-4-14-22-20(27)24(3)18-10-12-21(13-11-19(18)26,15-23-16(2)25)17-8-6-5-7-9-17/h5-9,18-19,26H,4,10-15H2,1-3H3,(H,22,27)(H,23,25)/t18-,19-,21+/m0/s1. The quantitative estimate of drug-likeness (QED) is 0.668. The third-order valence-corrected chi connectivity index (χ3v) is 5.69. The zero-order valence-corrected chi connectivity index (χ0v) is 16.7. The topological polar surface area (TPSA) is 81.7 Å². The number of hydrogen-bond acceptors (Lipinski definition) is 3. The van der Waals surface area contributed by atoms with Crippen molar-refractivity contribution in [3.63, 3.8) is 0 Å². The van der Waals surface area contributed by atoms with Gasteiger partial charge in [0.05, 0.1) is 12.1 Å². The molecule has 0 spiro atoms. The van der Waals surface area contributed by atoms with E-state index in [0.717, 1.165) is 19.3 Å². The van der Waals surface area contributed by atoms with Crippen LogP contribution in [0.4, 0.5) is 4.79 Å². The maximum Gasteiger partial charge on any atom is 0.317 e. The maximum atomic E-state index is 12.4. The van der Waals surface area contributed by atoms with Crippen LogP contribution in [0.3, 0.4) is 0 Å². The van der Waals surface area contributed by atoms with Crippen LogP contribution >= 0.6 is 0 Å². The normalized spacial score (nSPS) is 25.3. The van der Waals surface area contributed by atoms with E-state index in [9.17, 15) is 14.7 Å². The van der Waals surface area contributed by atoms with Gasteiger partial charge in [-0.3, -0.25) is 4.79 Å². The van der Waals surface area contributed by atoms with Crippen molar-refractivity contribution >= 4 is 11.9 Å². The molecule has 3 amide bonds. The highest BCUT2D eigenvalue weighted by Gasteiger charge is 2.39. The van der Waals surface area contributed by atoms with Crippen molar-refractivity contribution in [3.8, 4) is 0 Å². The van der Waals surface area contributed by atoms with E-state index < -0.39 is 6.10 Å². The van der Waals surface area contributed by atoms with Gasteiger partial charge in [-0.2, -0.15) is 0 Å². The summed E-state index contributed by atoms with van der Waals surface area (Å²) in [5.74, 6) is -0.0530. The van der Waals surface area contributed by atoms with Crippen molar-refractivity contribution < 1.29 is 14.7 Å². The first-order valence-corrected chi connectivity index (χ1v) is 9.88. The van der Waals surface area contributed by atoms with E-state index in [-0.39, 0.29) is 23.4 Å². The lowest BCUT2D eigenvalue weighted by Crippen LogP contribution is -2.48. The highest BCUT2D eigenvalue weighted by Crippen LogP contribution is 2.39. The van der Waals surface area contributed by atoms with Crippen LogP contribution in [0.1, 0.15) is 51.5 Å². The Bertz CT molecular complexity index is 622. The molecule has 0 bridgehead atoms. The van der Waals surface area contributed by atoms with Crippen LogP contribution in [0.5, 0.6) is 0 Å². The zero-order valence-electron chi connectivity index (χ0n) is 16.7. The minimum Gasteiger partial charge on any atom is -0.391 e. The Morgan fingerprint density at radius 3 is 2.48 bits per heavy atom. The first kappa shape index (κ1) is 21.2. The molecular formula is C21H33N3O3. The van der Waals surface area contributed by atoms with Crippen molar-refractivity contribution in [2.45, 2.75) is 63.5 Å². The number of benzene rings is 1. The Morgan fingerprint density at radius 1 is 1.19 bits per heavy atom. The Morgan fingerprint density at radius 2 is 1.85 bits per heavy atom. The summed E-state index contributed by atoms with van der Waals surface area (Å²) >= 11 is 0. The number of aliphatic hydroxyl groups is 1. The fourth-order valence-electron chi connectivity index (χ4n) is 3.97. The molecule has 6 nitrogen and oxygen atoms in total. The predicted molar refractivity (Wildman–Crippen MR) is 107 cm³/mol. The highest BCUT2D eigenvalue weighted by atomic mass is 16.3. The second-order valence-corrected chi connectivity index (χ2v) is 7.61. The summed E-state index contributed by atoms with van der Waals surface area (Å²) in [6.07, 6.45) is 3.13. The average molecular weight is 376 g/mol. The van der Waals surface area contributed by atoms with Crippen LogP contribution in [0.25, 0.3) is 0 Å². The van der Waals surface area contributed by atoms with Crippen LogP contribution in [0.2, 0.25) is 0 Å². The summed E-state index contributed by atoms with van der Waals surface area (Å²) in [6.45, 7) is 4.70. The van der Waals surface area contributed by atoms with Gasteiger partial charge in [-0.25, -0.2) is 4.79 Å². The van der Waals surface area contributed by atoms with Crippen LogP contribution in [0, 0.1) is 0 Å². The second kappa shape index (κ2) is 9.74. The molecule has 1 aromatic rings. The lowest BCUT2D eigenvalue weighted by atomic mass is 9.74. The van der Waals surface area contributed by atoms with Gasteiger partial charge in [0, 0.05) is 32.5 Å². The molecule has 1 aromatic carbocycles. The number of carbonyl (C=O) groups excluding carboxylic acids is 2. The number of hydrogen-bond donors (Lipinski definition) is 3. The van der Waals surface area contributed by atoms with Crippen molar-refractivity contribution in [3.05, 3.63) is 35.9 Å². The van der Waals surface area contributed by atoms with Gasteiger partial charge in [0.25, 0.3) is 0 Å². The number of aliphatic hydroxyl groups excluding tert-OH is 1. The molecule has 0 unspecified atom stereocenters. The Kier molecular flexibility index (Phi) is 7.66. The second-order valence-electron chi connectivity index (χ2n) is 7.61. The number of nitrogens with zero attached hydrogens (tertiary/aromatic N) is 1. The molecule has 27 heavy (non-hydrogen) atoms. The predicted octanol–water partition coefficient (Wildman–Crippen LogP) is 2.42.